The van der Waals surface area contributed by atoms with Crippen LogP contribution in [0.25, 0.3) is 32.2 Å². The topological polar surface area (TPSA) is 22.1 Å². The molecule has 2 aromatic carbocycles. The quantitative estimate of drug-likeness (QED) is 0.503. The Morgan fingerprint density at radius 3 is 2.84 bits per heavy atom. The molecule has 92 valence electrons. The third-order valence-electron chi connectivity index (χ3n) is 3.43. The van der Waals surface area contributed by atoms with Gasteiger partial charge in [-0.3, -0.25) is 0 Å². The van der Waals surface area contributed by atoms with Crippen molar-refractivity contribution in [1.82, 2.24) is 4.98 Å². The maximum atomic E-state index is 5.30. The Balaban J connectivity index is 2.16. The second kappa shape index (κ2) is 3.93. The van der Waals surface area contributed by atoms with Crippen molar-refractivity contribution in [2.45, 2.75) is 0 Å². The van der Waals surface area contributed by atoms with Crippen molar-refractivity contribution >= 4 is 32.3 Å². The van der Waals surface area contributed by atoms with Crippen LogP contribution in [-0.4, -0.2) is 12.1 Å². The minimum absolute atomic E-state index is 0.875. The molecule has 0 atom stereocenters. The summed E-state index contributed by atoms with van der Waals surface area (Å²) in [5, 5.41) is 4.57. The first kappa shape index (κ1) is 10.8. The minimum Gasteiger partial charge on any atom is -0.497 e. The van der Waals surface area contributed by atoms with Gasteiger partial charge in [0.1, 0.15) is 5.75 Å². The second-order valence-corrected chi connectivity index (χ2v) is 5.40. The van der Waals surface area contributed by atoms with Crippen LogP contribution in [0, 0.1) is 0 Å². The predicted octanol–water partition coefficient (Wildman–Crippen LogP) is 4.56. The standard InChI is InChI=1S/C16H11NOS/c1-18-10-6-7-14-12(8-10)13-9-19-15-5-3-2-4-11(15)16(13)17-14/h2-9H,1H3. The van der Waals surface area contributed by atoms with E-state index in [1.54, 1.807) is 18.4 Å². The lowest BCUT2D eigenvalue weighted by Crippen LogP contribution is -1.81. The molecule has 3 heteroatoms. The van der Waals surface area contributed by atoms with Gasteiger partial charge in [0, 0.05) is 26.4 Å². The average Bonchev–Trinajstić information content (AvgIpc) is 2.85. The zero-order valence-electron chi connectivity index (χ0n) is 10.4. The van der Waals surface area contributed by atoms with Gasteiger partial charge < -0.3 is 4.74 Å². The largest absolute Gasteiger partial charge is 0.497 e. The highest BCUT2D eigenvalue weighted by Crippen LogP contribution is 2.39. The Morgan fingerprint density at radius 1 is 1.05 bits per heavy atom. The lowest BCUT2D eigenvalue weighted by Gasteiger charge is -2.03. The Labute approximate surface area is 114 Å². The summed E-state index contributed by atoms with van der Waals surface area (Å²) in [5.41, 5.74) is 3.31. The van der Waals surface area contributed by atoms with Crippen LogP contribution in [0.15, 0.2) is 47.8 Å². The summed E-state index contributed by atoms with van der Waals surface area (Å²) in [6, 6.07) is 14.4. The van der Waals surface area contributed by atoms with E-state index >= 15 is 0 Å². The molecule has 0 fully saturated rings. The SMILES string of the molecule is COc1ccc2nc3c4ccccc4scc-3c2c1. The number of rotatable bonds is 1. The molecule has 0 saturated carbocycles. The van der Waals surface area contributed by atoms with Crippen molar-refractivity contribution in [3.63, 3.8) is 0 Å². The van der Waals surface area contributed by atoms with Gasteiger partial charge in [-0.05, 0) is 24.3 Å². The molecule has 0 radical (unpaired) electrons. The molecular weight excluding hydrogens is 254 g/mol. The highest BCUT2D eigenvalue weighted by Gasteiger charge is 2.15. The van der Waals surface area contributed by atoms with Crippen LogP contribution in [0.4, 0.5) is 0 Å². The minimum atomic E-state index is 0.875. The lowest BCUT2D eigenvalue weighted by molar-refractivity contribution is 0.415. The maximum Gasteiger partial charge on any atom is 0.119 e. The van der Waals surface area contributed by atoms with E-state index in [9.17, 15) is 0 Å². The van der Waals surface area contributed by atoms with E-state index in [1.165, 1.54) is 15.6 Å². The van der Waals surface area contributed by atoms with Crippen molar-refractivity contribution in [1.29, 1.82) is 0 Å². The number of methoxy groups -OCH3 is 1. The van der Waals surface area contributed by atoms with E-state index < -0.39 is 0 Å². The van der Waals surface area contributed by atoms with E-state index in [0.29, 0.717) is 0 Å². The molecule has 0 unspecified atom stereocenters. The van der Waals surface area contributed by atoms with Crippen LogP contribution in [0.3, 0.4) is 0 Å². The molecule has 0 N–H and O–H groups in total. The predicted molar refractivity (Wildman–Crippen MR) is 80.3 cm³/mol. The first-order valence-electron chi connectivity index (χ1n) is 6.10. The van der Waals surface area contributed by atoms with Gasteiger partial charge in [-0.25, -0.2) is 4.98 Å². The van der Waals surface area contributed by atoms with Gasteiger partial charge in [-0.15, -0.1) is 11.3 Å². The summed E-state index contributed by atoms with van der Waals surface area (Å²) < 4.78 is 6.57. The normalized spacial score (nSPS) is 11.4. The molecule has 4 rings (SSSR count). The highest BCUT2D eigenvalue weighted by atomic mass is 32.1. The number of hydrogen-bond acceptors (Lipinski definition) is 3. The van der Waals surface area contributed by atoms with Crippen LogP contribution in [-0.2, 0) is 0 Å². The van der Waals surface area contributed by atoms with Gasteiger partial charge in [0.05, 0.1) is 18.3 Å². The summed E-state index contributed by atoms with van der Waals surface area (Å²) in [5.74, 6) is 0.875. The molecule has 0 spiro atoms. The van der Waals surface area contributed by atoms with Crippen LogP contribution in [0.5, 0.6) is 5.75 Å². The number of nitrogens with zero attached hydrogens (tertiary/aromatic N) is 1. The number of benzene rings is 2. The molecule has 2 nitrogen and oxygen atoms in total. The monoisotopic (exact) mass is 265 g/mol. The smallest absolute Gasteiger partial charge is 0.119 e. The van der Waals surface area contributed by atoms with Crippen LogP contribution < -0.4 is 4.74 Å². The first-order valence-corrected chi connectivity index (χ1v) is 6.98. The number of aromatic nitrogens is 1. The molecule has 0 bridgehead atoms. The van der Waals surface area contributed by atoms with Gasteiger partial charge in [-0.1, -0.05) is 18.2 Å². The fraction of sp³-hybridized carbons (Fsp3) is 0.0625. The van der Waals surface area contributed by atoms with E-state index in [2.05, 4.69) is 35.7 Å². The van der Waals surface area contributed by atoms with Crippen LogP contribution in [0.1, 0.15) is 0 Å². The fourth-order valence-electron chi connectivity index (χ4n) is 2.48. The Bertz CT molecular complexity index is 865. The van der Waals surface area contributed by atoms with E-state index in [0.717, 1.165) is 22.3 Å². The summed E-state index contributed by atoms with van der Waals surface area (Å²) >= 11 is 1.76. The Hall–Kier alpha value is -2.13. The number of hydrogen-bond donors (Lipinski definition) is 0. The van der Waals surface area contributed by atoms with Gasteiger partial charge in [0.25, 0.3) is 0 Å². The molecule has 0 amide bonds. The zero-order chi connectivity index (χ0) is 12.8. The highest BCUT2D eigenvalue weighted by molar-refractivity contribution is 7.17. The molecule has 0 aromatic heterocycles. The summed E-state index contributed by atoms with van der Waals surface area (Å²) in [7, 11) is 1.69. The van der Waals surface area contributed by atoms with Gasteiger partial charge in [-0.2, -0.15) is 0 Å². The summed E-state index contributed by atoms with van der Waals surface area (Å²) in [6.07, 6.45) is 0. The molecule has 2 aliphatic rings. The lowest BCUT2D eigenvalue weighted by atomic mass is 10.1. The number of fused-ring (bicyclic) bond motifs is 5. The summed E-state index contributed by atoms with van der Waals surface area (Å²) in [6.45, 7) is 0. The molecular formula is C16H11NOS. The first-order chi connectivity index (χ1) is 9.36. The molecule has 0 saturated heterocycles. The molecule has 0 aliphatic carbocycles. The average molecular weight is 265 g/mol. The van der Waals surface area contributed by atoms with Crippen LogP contribution >= 0.6 is 11.3 Å². The van der Waals surface area contributed by atoms with Crippen molar-refractivity contribution in [3.8, 4) is 17.0 Å². The zero-order valence-corrected chi connectivity index (χ0v) is 11.2. The van der Waals surface area contributed by atoms with E-state index in [4.69, 9.17) is 9.72 Å². The number of ether oxygens (including phenoxy) is 1. The third-order valence-corrected chi connectivity index (χ3v) is 4.39. The molecule has 2 aliphatic heterocycles. The van der Waals surface area contributed by atoms with Crippen molar-refractivity contribution in [3.05, 3.63) is 47.8 Å². The van der Waals surface area contributed by atoms with Gasteiger partial charge in [0.2, 0.25) is 0 Å². The third kappa shape index (κ3) is 1.52. The van der Waals surface area contributed by atoms with Crippen molar-refractivity contribution in [2.24, 2.45) is 0 Å². The van der Waals surface area contributed by atoms with E-state index in [-0.39, 0.29) is 0 Å². The molecule has 2 aromatic rings. The van der Waals surface area contributed by atoms with Gasteiger partial charge in [0.15, 0.2) is 0 Å². The second-order valence-electron chi connectivity index (χ2n) is 4.49. The van der Waals surface area contributed by atoms with E-state index in [1.807, 2.05) is 12.1 Å². The maximum absolute atomic E-state index is 5.30. The Morgan fingerprint density at radius 2 is 1.95 bits per heavy atom. The summed E-state index contributed by atoms with van der Waals surface area (Å²) in [4.78, 5) is 4.77. The van der Waals surface area contributed by atoms with Crippen LogP contribution in [0.2, 0.25) is 0 Å². The van der Waals surface area contributed by atoms with Gasteiger partial charge >= 0.3 is 0 Å². The van der Waals surface area contributed by atoms with Crippen molar-refractivity contribution in [2.75, 3.05) is 7.11 Å². The van der Waals surface area contributed by atoms with Crippen molar-refractivity contribution < 1.29 is 4.74 Å². The molecule has 2 heterocycles. The Kier molecular flexibility index (Phi) is 2.23. The fourth-order valence-corrected chi connectivity index (χ4v) is 3.41. The molecule has 19 heavy (non-hydrogen) atoms.